The SMILES string of the molecule is Cn1cnc(C(=O)NCc2ccc3c(c2)CN(c2[c-]c(=O)c2=O)CC3)c1.[Mn]. The van der Waals surface area contributed by atoms with Crippen molar-refractivity contribution in [3.63, 3.8) is 0 Å². The molecule has 0 saturated carbocycles. The normalized spacial score (nSPS) is 13.1. The Morgan fingerprint density at radius 3 is 2.78 bits per heavy atom. The molecule has 1 aliphatic heterocycles. The van der Waals surface area contributed by atoms with E-state index < -0.39 is 10.9 Å². The zero-order valence-electron chi connectivity index (χ0n) is 14.7. The first-order valence-corrected chi connectivity index (χ1v) is 8.35. The van der Waals surface area contributed by atoms with E-state index >= 15 is 0 Å². The molecule has 139 valence electrons. The summed E-state index contributed by atoms with van der Waals surface area (Å²) in [6.07, 6.45) is 4.06. The predicted molar refractivity (Wildman–Crippen MR) is 95.8 cm³/mol. The Bertz CT molecular complexity index is 1070. The van der Waals surface area contributed by atoms with Gasteiger partial charge in [0.15, 0.2) is 0 Å². The van der Waals surface area contributed by atoms with Crippen molar-refractivity contribution in [2.75, 3.05) is 11.4 Å². The molecule has 0 saturated heterocycles. The van der Waals surface area contributed by atoms with Crippen LogP contribution in [0.3, 0.4) is 0 Å². The molecule has 1 radical (unpaired) electrons. The molecule has 2 heterocycles. The van der Waals surface area contributed by atoms with Crippen LogP contribution in [0, 0.1) is 6.07 Å². The molecule has 27 heavy (non-hydrogen) atoms. The Balaban J connectivity index is 0.00000210. The summed E-state index contributed by atoms with van der Waals surface area (Å²) >= 11 is 0. The van der Waals surface area contributed by atoms with Crippen LogP contribution >= 0.6 is 0 Å². The van der Waals surface area contributed by atoms with Crippen molar-refractivity contribution in [3.8, 4) is 0 Å². The average molecular weight is 404 g/mol. The second-order valence-corrected chi connectivity index (χ2v) is 6.51. The molecule has 4 rings (SSSR count). The Labute approximate surface area is 166 Å². The van der Waals surface area contributed by atoms with E-state index in [0.717, 1.165) is 17.5 Å². The number of benzene rings is 1. The van der Waals surface area contributed by atoms with Gasteiger partial charge >= 0.3 is 0 Å². The number of nitrogens with zero attached hydrogens (tertiary/aromatic N) is 3. The van der Waals surface area contributed by atoms with E-state index in [-0.39, 0.29) is 23.0 Å². The molecule has 0 unspecified atom stereocenters. The molecular weight excluding hydrogens is 387 g/mol. The summed E-state index contributed by atoms with van der Waals surface area (Å²) in [6.45, 7) is 1.66. The Hall–Kier alpha value is -2.70. The summed E-state index contributed by atoms with van der Waals surface area (Å²) in [5, 5.41) is 2.86. The number of hydrogen-bond acceptors (Lipinski definition) is 5. The van der Waals surface area contributed by atoms with Crippen LogP contribution in [0.2, 0.25) is 0 Å². The quantitative estimate of drug-likeness (QED) is 0.384. The number of aromatic nitrogens is 2. The second kappa shape index (κ2) is 7.50. The van der Waals surface area contributed by atoms with E-state index in [2.05, 4.69) is 22.4 Å². The standard InChI is InChI=1S/C19H17N4O3.Mn/c1-22-10-15(21-11-22)19(26)20-8-12-2-3-13-4-5-23(9-14(13)6-12)16-7-17(24)18(16)25;/h2-3,6,10-11H,4-5,8-9H2,1H3,(H,20,26);/q-1;. The van der Waals surface area contributed by atoms with Crippen molar-refractivity contribution in [2.45, 2.75) is 19.5 Å². The van der Waals surface area contributed by atoms with Crippen LogP contribution in [0.5, 0.6) is 0 Å². The van der Waals surface area contributed by atoms with Gasteiger partial charge in [-0.3, -0.25) is 4.79 Å². The van der Waals surface area contributed by atoms with Gasteiger partial charge in [-0.05, 0) is 28.8 Å². The number of fused-ring (bicyclic) bond motifs is 1. The molecule has 1 amide bonds. The van der Waals surface area contributed by atoms with Crippen molar-refractivity contribution < 1.29 is 21.9 Å². The van der Waals surface area contributed by atoms with Gasteiger partial charge < -0.3 is 24.4 Å². The molecule has 2 aromatic carbocycles. The van der Waals surface area contributed by atoms with E-state index in [1.54, 1.807) is 17.1 Å². The van der Waals surface area contributed by atoms with Crippen LogP contribution in [-0.2, 0) is 43.6 Å². The van der Waals surface area contributed by atoms with Gasteiger partial charge in [0.05, 0.1) is 6.33 Å². The first-order valence-electron chi connectivity index (χ1n) is 8.35. The van der Waals surface area contributed by atoms with Crippen molar-refractivity contribution in [1.82, 2.24) is 14.9 Å². The summed E-state index contributed by atoms with van der Waals surface area (Å²) in [5.74, 6) is -0.219. The van der Waals surface area contributed by atoms with E-state index in [1.165, 1.54) is 5.56 Å². The molecule has 0 fully saturated rings. The third-order valence-electron chi connectivity index (χ3n) is 4.64. The van der Waals surface area contributed by atoms with Gasteiger partial charge in [0.1, 0.15) is 16.6 Å². The number of carbonyl (C=O) groups is 1. The number of rotatable bonds is 4. The predicted octanol–water partition coefficient (Wildman–Crippen LogP) is 0.306. The fourth-order valence-corrected chi connectivity index (χ4v) is 3.20. The van der Waals surface area contributed by atoms with E-state index in [0.29, 0.717) is 31.0 Å². The molecule has 0 atom stereocenters. The summed E-state index contributed by atoms with van der Waals surface area (Å²) in [5.41, 5.74) is 3.07. The Morgan fingerprint density at radius 2 is 2.11 bits per heavy atom. The minimum Gasteiger partial charge on any atom is -0.385 e. The van der Waals surface area contributed by atoms with Crippen LogP contribution in [0.4, 0.5) is 5.69 Å². The van der Waals surface area contributed by atoms with E-state index in [9.17, 15) is 14.4 Å². The van der Waals surface area contributed by atoms with Gasteiger partial charge in [-0.2, -0.15) is 0 Å². The minimum absolute atomic E-state index is 0. The maximum absolute atomic E-state index is 12.1. The fourth-order valence-electron chi connectivity index (χ4n) is 3.20. The molecule has 1 N–H and O–H groups in total. The summed E-state index contributed by atoms with van der Waals surface area (Å²) in [6, 6.07) is 8.64. The first-order chi connectivity index (χ1) is 12.5. The van der Waals surface area contributed by atoms with Gasteiger partial charge in [-0.15, -0.1) is 6.07 Å². The average Bonchev–Trinajstić information content (AvgIpc) is 3.09. The second-order valence-electron chi connectivity index (χ2n) is 6.51. The smallest absolute Gasteiger partial charge is 0.271 e. The van der Waals surface area contributed by atoms with Gasteiger partial charge in [0.2, 0.25) is 0 Å². The van der Waals surface area contributed by atoms with Crippen LogP contribution in [0.15, 0.2) is 40.3 Å². The van der Waals surface area contributed by atoms with E-state index in [4.69, 9.17) is 0 Å². The maximum Gasteiger partial charge on any atom is 0.271 e. The molecule has 8 heteroatoms. The van der Waals surface area contributed by atoms with Crippen molar-refractivity contribution >= 4 is 11.6 Å². The zero-order chi connectivity index (χ0) is 18.3. The molecule has 0 spiro atoms. The molecule has 0 aliphatic carbocycles. The van der Waals surface area contributed by atoms with Gasteiger partial charge in [-0.25, -0.2) is 4.98 Å². The summed E-state index contributed by atoms with van der Waals surface area (Å²) < 4.78 is 1.72. The number of aryl methyl sites for hydroxylation is 1. The number of imidazole rings is 1. The minimum atomic E-state index is -0.545. The van der Waals surface area contributed by atoms with Gasteiger partial charge in [-0.1, -0.05) is 18.2 Å². The third kappa shape index (κ3) is 3.72. The molecule has 1 aromatic heterocycles. The van der Waals surface area contributed by atoms with Crippen LogP contribution in [0.25, 0.3) is 0 Å². The number of carbonyl (C=O) groups excluding carboxylic acids is 1. The zero-order valence-corrected chi connectivity index (χ0v) is 15.8. The molecular formula is C19H17MnN4O3-. The van der Waals surface area contributed by atoms with Crippen molar-refractivity contribution in [1.29, 1.82) is 0 Å². The van der Waals surface area contributed by atoms with E-state index in [1.807, 2.05) is 24.1 Å². The van der Waals surface area contributed by atoms with Crippen molar-refractivity contribution in [2.24, 2.45) is 7.05 Å². The first kappa shape index (κ1) is 19.1. The van der Waals surface area contributed by atoms with Crippen LogP contribution in [0.1, 0.15) is 27.2 Å². The topological polar surface area (TPSA) is 84.3 Å². The van der Waals surface area contributed by atoms with Gasteiger partial charge in [0.25, 0.3) is 5.91 Å². The number of anilines is 1. The maximum atomic E-state index is 12.1. The summed E-state index contributed by atoms with van der Waals surface area (Å²) in [7, 11) is 1.81. The molecule has 1 aliphatic rings. The van der Waals surface area contributed by atoms with Crippen LogP contribution in [-0.4, -0.2) is 22.0 Å². The number of amides is 1. The Kier molecular flexibility index (Phi) is 5.30. The summed E-state index contributed by atoms with van der Waals surface area (Å²) in [4.78, 5) is 40.7. The Morgan fingerprint density at radius 1 is 1.30 bits per heavy atom. The van der Waals surface area contributed by atoms with Gasteiger partial charge in [0, 0.05) is 49.9 Å². The fraction of sp³-hybridized carbons (Fsp3) is 0.263. The third-order valence-corrected chi connectivity index (χ3v) is 4.64. The number of hydrogen-bond donors (Lipinski definition) is 1. The molecule has 0 bridgehead atoms. The monoisotopic (exact) mass is 404 g/mol. The molecule has 3 aromatic rings. The molecule has 7 nitrogen and oxygen atoms in total. The number of nitrogens with one attached hydrogen (secondary N) is 1. The van der Waals surface area contributed by atoms with Crippen molar-refractivity contribution in [3.05, 3.63) is 79.6 Å². The van der Waals surface area contributed by atoms with Crippen LogP contribution < -0.4 is 21.1 Å². The largest absolute Gasteiger partial charge is 0.385 e.